The molecule has 1 N–H and O–H groups in total. The van der Waals surface area contributed by atoms with E-state index in [-0.39, 0.29) is 6.04 Å². The largest absolute Gasteiger partial charge is 0.496 e. The number of hydrogen-bond donors (Lipinski definition) is 1. The summed E-state index contributed by atoms with van der Waals surface area (Å²) in [6.07, 6.45) is 3.21. The molecule has 15 heavy (non-hydrogen) atoms. The first-order chi connectivity index (χ1) is 7.31. The van der Waals surface area contributed by atoms with E-state index >= 15 is 0 Å². The lowest BCUT2D eigenvalue weighted by Gasteiger charge is -2.17. The van der Waals surface area contributed by atoms with Crippen molar-refractivity contribution in [3.05, 3.63) is 32.6 Å². The lowest BCUT2D eigenvalue weighted by molar-refractivity contribution is 0.216. The molecule has 1 atom stereocenters. The molecule has 82 valence electrons. The Bertz CT molecular complexity index is 361. The lowest BCUT2D eigenvalue weighted by Crippen LogP contribution is -2.22. The van der Waals surface area contributed by atoms with Crippen LogP contribution in [0.15, 0.2) is 27.1 Å². The van der Waals surface area contributed by atoms with Gasteiger partial charge in [0, 0.05) is 6.42 Å². The zero-order chi connectivity index (χ0) is 10.7. The lowest BCUT2D eigenvalue weighted by atomic mass is 10.1. The highest BCUT2D eigenvalue weighted by molar-refractivity contribution is 9.11. The smallest absolute Gasteiger partial charge is 0.114 e. The topological polar surface area (TPSA) is 21.3 Å². The summed E-state index contributed by atoms with van der Waals surface area (Å²) in [7, 11) is 0. The summed E-state index contributed by atoms with van der Waals surface area (Å²) in [5.41, 5.74) is 1.28. The average Bonchev–Trinajstić information content (AvgIpc) is 2.85. The van der Waals surface area contributed by atoms with E-state index in [1.807, 2.05) is 0 Å². The van der Waals surface area contributed by atoms with Crippen LogP contribution >= 0.6 is 27.3 Å². The van der Waals surface area contributed by atoms with E-state index in [9.17, 15) is 0 Å². The van der Waals surface area contributed by atoms with Gasteiger partial charge in [0.05, 0.1) is 16.4 Å². The molecular formula is C11H14BrNOS. The molecule has 0 bridgehead atoms. The Labute approximate surface area is 102 Å². The number of nitrogens with one attached hydrogen (secondary N) is 1. The van der Waals surface area contributed by atoms with E-state index in [1.54, 1.807) is 11.3 Å². The minimum atomic E-state index is 0.222. The molecule has 0 fully saturated rings. The van der Waals surface area contributed by atoms with E-state index in [1.165, 1.54) is 9.35 Å². The second-order valence-corrected chi connectivity index (χ2v) is 5.71. The average molecular weight is 288 g/mol. The van der Waals surface area contributed by atoms with Crippen molar-refractivity contribution in [2.75, 3.05) is 13.2 Å². The van der Waals surface area contributed by atoms with Gasteiger partial charge in [-0.2, -0.15) is 0 Å². The maximum atomic E-state index is 5.62. The molecule has 0 aliphatic carbocycles. The zero-order valence-electron chi connectivity index (χ0n) is 8.63. The van der Waals surface area contributed by atoms with Gasteiger partial charge in [0.1, 0.15) is 5.76 Å². The van der Waals surface area contributed by atoms with E-state index < -0.39 is 0 Å². The second kappa shape index (κ2) is 5.14. The van der Waals surface area contributed by atoms with Gasteiger partial charge in [0.15, 0.2) is 0 Å². The highest BCUT2D eigenvalue weighted by Crippen LogP contribution is 2.31. The van der Waals surface area contributed by atoms with Crippen LogP contribution in [0.1, 0.15) is 24.9 Å². The van der Waals surface area contributed by atoms with Gasteiger partial charge in [-0.05, 0) is 45.6 Å². The summed E-state index contributed by atoms with van der Waals surface area (Å²) < 4.78 is 6.78. The fourth-order valence-electron chi connectivity index (χ4n) is 1.70. The zero-order valence-corrected chi connectivity index (χ0v) is 11.0. The molecule has 1 unspecified atom stereocenters. The quantitative estimate of drug-likeness (QED) is 0.916. The van der Waals surface area contributed by atoms with Crippen molar-refractivity contribution < 1.29 is 4.74 Å². The molecular weight excluding hydrogens is 274 g/mol. The van der Waals surface area contributed by atoms with Gasteiger partial charge in [0.2, 0.25) is 0 Å². The van der Waals surface area contributed by atoms with Gasteiger partial charge in [-0.15, -0.1) is 11.3 Å². The minimum Gasteiger partial charge on any atom is -0.496 e. The summed E-state index contributed by atoms with van der Waals surface area (Å²) in [5, 5.41) is 5.61. The molecule has 1 aliphatic rings. The van der Waals surface area contributed by atoms with Gasteiger partial charge < -0.3 is 10.1 Å². The van der Waals surface area contributed by atoms with Crippen LogP contribution in [0.2, 0.25) is 0 Å². The number of halogens is 1. The van der Waals surface area contributed by atoms with Crippen LogP contribution in [0, 0.1) is 0 Å². The van der Waals surface area contributed by atoms with Crippen molar-refractivity contribution in [2.24, 2.45) is 0 Å². The Morgan fingerprint density at radius 1 is 1.67 bits per heavy atom. The van der Waals surface area contributed by atoms with Crippen molar-refractivity contribution in [3.8, 4) is 0 Å². The van der Waals surface area contributed by atoms with Crippen LogP contribution < -0.4 is 5.32 Å². The Morgan fingerprint density at radius 3 is 3.07 bits per heavy atom. The molecule has 1 aliphatic heterocycles. The monoisotopic (exact) mass is 287 g/mol. The normalized spacial score (nSPS) is 17.3. The van der Waals surface area contributed by atoms with Crippen LogP contribution in [0.3, 0.4) is 0 Å². The highest BCUT2D eigenvalue weighted by atomic mass is 79.9. The molecule has 0 amide bonds. The second-order valence-electron chi connectivity index (χ2n) is 3.42. The Kier molecular flexibility index (Phi) is 3.83. The van der Waals surface area contributed by atoms with Crippen LogP contribution in [-0.2, 0) is 4.74 Å². The number of hydrogen-bond acceptors (Lipinski definition) is 3. The SMILES string of the molecule is CCNC(C1=CCCO1)c1csc(Br)c1. The van der Waals surface area contributed by atoms with Crippen molar-refractivity contribution in [1.82, 2.24) is 5.32 Å². The van der Waals surface area contributed by atoms with Gasteiger partial charge in [-0.25, -0.2) is 0 Å². The van der Waals surface area contributed by atoms with Gasteiger partial charge in [0.25, 0.3) is 0 Å². The molecule has 1 aromatic rings. The Hall–Kier alpha value is -0.320. The molecule has 0 spiro atoms. The van der Waals surface area contributed by atoms with Crippen LogP contribution in [0.25, 0.3) is 0 Å². The molecule has 2 nitrogen and oxygen atoms in total. The predicted octanol–water partition coefficient (Wildman–Crippen LogP) is 3.47. The van der Waals surface area contributed by atoms with E-state index in [0.717, 1.165) is 25.3 Å². The van der Waals surface area contributed by atoms with Crippen molar-refractivity contribution in [3.63, 3.8) is 0 Å². The van der Waals surface area contributed by atoms with E-state index in [4.69, 9.17) is 4.74 Å². The number of likely N-dealkylation sites (N-methyl/N-ethyl adjacent to an activating group) is 1. The van der Waals surface area contributed by atoms with Crippen LogP contribution in [0.4, 0.5) is 0 Å². The summed E-state index contributed by atoms with van der Waals surface area (Å²) in [6.45, 7) is 3.88. The summed E-state index contributed by atoms with van der Waals surface area (Å²) in [5.74, 6) is 1.07. The number of thiophene rings is 1. The van der Waals surface area contributed by atoms with Crippen molar-refractivity contribution in [2.45, 2.75) is 19.4 Å². The third-order valence-corrected chi connectivity index (χ3v) is 3.87. The highest BCUT2D eigenvalue weighted by Gasteiger charge is 2.20. The third-order valence-electron chi connectivity index (χ3n) is 2.35. The van der Waals surface area contributed by atoms with E-state index in [0.29, 0.717) is 0 Å². The number of ether oxygens (including phenoxy) is 1. The fourth-order valence-corrected chi connectivity index (χ4v) is 2.90. The first kappa shape index (κ1) is 11.2. The van der Waals surface area contributed by atoms with Crippen LogP contribution in [0.5, 0.6) is 0 Å². The molecule has 0 saturated carbocycles. The molecule has 4 heteroatoms. The molecule has 0 saturated heterocycles. The Morgan fingerprint density at radius 2 is 2.53 bits per heavy atom. The van der Waals surface area contributed by atoms with Gasteiger partial charge in [-0.1, -0.05) is 6.92 Å². The molecule has 2 rings (SSSR count). The first-order valence-electron chi connectivity index (χ1n) is 5.11. The van der Waals surface area contributed by atoms with Crippen LogP contribution in [-0.4, -0.2) is 13.2 Å². The summed E-state index contributed by atoms with van der Waals surface area (Å²) >= 11 is 5.20. The fraction of sp³-hybridized carbons (Fsp3) is 0.455. The molecule has 2 heterocycles. The Balaban J connectivity index is 2.18. The molecule has 1 aromatic heterocycles. The predicted molar refractivity (Wildman–Crippen MR) is 67.1 cm³/mol. The van der Waals surface area contributed by atoms with Gasteiger partial charge >= 0.3 is 0 Å². The number of rotatable bonds is 4. The van der Waals surface area contributed by atoms with Gasteiger partial charge in [-0.3, -0.25) is 0 Å². The molecule has 0 aromatic carbocycles. The van der Waals surface area contributed by atoms with Crippen molar-refractivity contribution in [1.29, 1.82) is 0 Å². The summed E-state index contributed by atoms with van der Waals surface area (Å²) in [6, 6.07) is 2.38. The standard InChI is InChI=1S/C11H14BrNOS/c1-2-13-11(9-4-3-5-14-9)8-6-10(12)15-7-8/h4,6-7,11,13H,2-3,5H2,1H3. The maximum absolute atomic E-state index is 5.62. The van der Waals surface area contributed by atoms with Crippen molar-refractivity contribution >= 4 is 27.3 Å². The third kappa shape index (κ3) is 2.62. The first-order valence-corrected chi connectivity index (χ1v) is 6.78. The minimum absolute atomic E-state index is 0.222. The van der Waals surface area contributed by atoms with E-state index in [2.05, 4.69) is 45.7 Å². The molecule has 0 radical (unpaired) electrons. The maximum Gasteiger partial charge on any atom is 0.114 e. The summed E-state index contributed by atoms with van der Waals surface area (Å²) in [4.78, 5) is 0.